The average Bonchev–Trinajstić information content (AvgIpc) is 3.73. The van der Waals surface area contributed by atoms with Gasteiger partial charge < -0.3 is 25.8 Å². The fourth-order valence-corrected chi connectivity index (χ4v) is 5.92. The van der Waals surface area contributed by atoms with Gasteiger partial charge in [0.15, 0.2) is 0 Å². The summed E-state index contributed by atoms with van der Waals surface area (Å²) >= 11 is 0. The number of hydrogen-bond donors (Lipinski definition) is 4. The lowest BCUT2D eigenvalue weighted by Crippen LogP contribution is -2.49. The third-order valence-corrected chi connectivity index (χ3v) is 8.72. The number of amides is 1. The van der Waals surface area contributed by atoms with Gasteiger partial charge in [-0.2, -0.15) is 0 Å². The van der Waals surface area contributed by atoms with Crippen molar-refractivity contribution in [1.29, 1.82) is 0 Å². The zero-order chi connectivity index (χ0) is 29.5. The Kier molecular flexibility index (Phi) is 10.8. The van der Waals surface area contributed by atoms with Crippen molar-refractivity contribution in [2.45, 2.75) is 115 Å². The number of aliphatic hydroxyl groups is 1. The van der Waals surface area contributed by atoms with Crippen LogP contribution in [0.2, 0.25) is 0 Å². The van der Waals surface area contributed by atoms with Gasteiger partial charge in [0.05, 0.1) is 30.0 Å². The van der Waals surface area contributed by atoms with Gasteiger partial charge in [0, 0.05) is 37.6 Å². The van der Waals surface area contributed by atoms with Gasteiger partial charge in [0.25, 0.3) is 5.91 Å². The number of methoxy groups -OCH3 is 1. The highest BCUT2D eigenvalue weighted by Crippen LogP contribution is 2.45. The SMILES string of the molecule is COCc1cc2cc(c1)C(=O)N[C@H]([C@H](O)CNC1(c3cc(C(C)(C)C)ccn3)CC1)C[C@H](C)CCCCCCCN2. The van der Waals surface area contributed by atoms with Crippen LogP contribution >= 0.6 is 0 Å². The Balaban J connectivity index is 1.50. The fourth-order valence-electron chi connectivity index (χ4n) is 5.92. The van der Waals surface area contributed by atoms with E-state index in [-0.39, 0.29) is 22.9 Å². The summed E-state index contributed by atoms with van der Waals surface area (Å²) in [6, 6.07) is 9.81. The van der Waals surface area contributed by atoms with Gasteiger partial charge in [-0.25, -0.2) is 0 Å². The third-order valence-electron chi connectivity index (χ3n) is 8.72. The van der Waals surface area contributed by atoms with E-state index in [4.69, 9.17) is 9.72 Å². The largest absolute Gasteiger partial charge is 0.390 e. The van der Waals surface area contributed by atoms with Crippen LogP contribution in [0.15, 0.2) is 36.5 Å². The number of carbonyl (C=O) groups excluding carboxylic acids is 1. The third kappa shape index (κ3) is 9.00. The molecule has 41 heavy (non-hydrogen) atoms. The first-order chi connectivity index (χ1) is 19.6. The number of hydrogen-bond acceptors (Lipinski definition) is 6. The smallest absolute Gasteiger partial charge is 0.251 e. The molecule has 4 N–H and O–H groups in total. The van der Waals surface area contributed by atoms with E-state index in [1.54, 1.807) is 7.11 Å². The first kappa shape index (κ1) is 31.5. The highest BCUT2D eigenvalue weighted by molar-refractivity contribution is 5.95. The molecule has 7 heteroatoms. The molecule has 4 rings (SSSR count). The minimum Gasteiger partial charge on any atom is -0.390 e. The van der Waals surface area contributed by atoms with Crippen LogP contribution < -0.4 is 16.0 Å². The molecule has 7 nitrogen and oxygen atoms in total. The number of aromatic nitrogens is 1. The predicted molar refractivity (Wildman–Crippen MR) is 166 cm³/mol. The van der Waals surface area contributed by atoms with Crippen molar-refractivity contribution in [3.63, 3.8) is 0 Å². The number of aliphatic hydroxyl groups excluding tert-OH is 1. The Morgan fingerprint density at radius 1 is 1.12 bits per heavy atom. The van der Waals surface area contributed by atoms with Crippen LogP contribution in [0.25, 0.3) is 0 Å². The van der Waals surface area contributed by atoms with Crippen LogP contribution in [0.5, 0.6) is 0 Å². The topological polar surface area (TPSA) is 95.5 Å². The molecule has 2 bridgehead atoms. The summed E-state index contributed by atoms with van der Waals surface area (Å²) in [5.74, 6) is 0.245. The second-order valence-electron chi connectivity index (χ2n) is 13.5. The molecule has 1 amide bonds. The lowest BCUT2D eigenvalue weighted by atomic mass is 9.86. The van der Waals surface area contributed by atoms with Crippen LogP contribution in [0.4, 0.5) is 5.69 Å². The van der Waals surface area contributed by atoms with Crippen LogP contribution in [0, 0.1) is 5.92 Å². The number of pyridine rings is 1. The summed E-state index contributed by atoms with van der Waals surface area (Å²) in [6.07, 6.45) is 11.0. The second-order valence-corrected chi connectivity index (χ2v) is 13.5. The Morgan fingerprint density at radius 3 is 2.61 bits per heavy atom. The van der Waals surface area contributed by atoms with Gasteiger partial charge >= 0.3 is 0 Å². The van der Waals surface area contributed by atoms with Crippen LogP contribution in [-0.4, -0.2) is 48.3 Å². The molecule has 1 aromatic carbocycles. The molecule has 226 valence electrons. The van der Waals surface area contributed by atoms with E-state index in [0.717, 1.165) is 55.6 Å². The molecular formula is C34H52N4O3. The molecule has 3 atom stereocenters. The summed E-state index contributed by atoms with van der Waals surface area (Å²) in [5.41, 5.74) is 4.63. The zero-order valence-corrected chi connectivity index (χ0v) is 25.9. The summed E-state index contributed by atoms with van der Waals surface area (Å²) in [4.78, 5) is 18.3. The number of nitrogens with zero attached hydrogens (tertiary/aromatic N) is 1. The molecule has 0 radical (unpaired) electrons. The predicted octanol–water partition coefficient (Wildman–Crippen LogP) is 6.06. The fraction of sp³-hybridized carbons (Fsp3) is 0.647. The van der Waals surface area contributed by atoms with E-state index < -0.39 is 6.10 Å². The molecule has 1 aliphatic heterocycles. The van der Waals surface area contributed by atoms with E-state index >= 15 is 0 Å². The summed E-state index contributed by atoms with van der Waals surface area (Å²) < 4.78 is 5.37. The number of rotatable bonds is 7. The maximum Gasteiger partial charge on any atom is 0.251 e. The highest BCUT2D eigenvalue weighted by atomic mass is 16.5. The molecule has 1 saturated carbocycles. The van der Waals surface area contributed by atoms with Crippen molar-refractivity contribution in [2.24, 2.45) is 5.92 Å². The monoisotopic (exact) mass is 564 g/mol. The van der Waals surface area contributed by atoms with Gasteiger partial charge in [-0.05, 0) is 78.5 Å². The molecule has 0 unspecified atom stereocenters. The molecule has 2 aliphatic rings. The van der Waals surface area contributed by atoms with Crippen molar-refractivity contribution >= 4 is 11.6 Å². The van der Waals surface area contributed by atoms with Crippen LogP contribution in [-0.2, 0) is 22.3 Å². The Hall–Kier alpha value is -2.48. The van der Waals surface area contributed by atoms with Crippen molar-refractivity contribution in [1.82, 2.24) is 15.6 Å². The first-order valence-corrected chi connectivity index (χ1v) is 15.7. The van der Waals surface area contributed by atoms with E-state index in [1.807, 2.05) is 18.3 Å². The Morgan fingerprint density at radius 2 is 1.88 bits per heavy atom. The summed E-state index contributed by atoms with van der Waals surface area (Å²) in [7, 11) is 1.67. The molecule has 1 aliphatic carbocycles. The molecule has 1 fully saturated rings. The quantitative estimate of drug-likeness (QED) is 0.327. The number of carbonyl (C=O) groups is 1. The number of fused-ring (bicyclic) bond motifs is 2. The molecule has 2 aromatic rings. The Bertz CT molecular complexity index is 1140. The first-order valence-electron chi connectivity index (χ1n) is 15.7. The zero-order valence-electron chi connectivity index (χ0n) is 25.9. The van der Waals surface area contributed by atoms with E-state index in [9.17, 15) is 9.90 Å². The lowest BCUT2D eigenvalue weighted by molar-refractivity contribution is 0.0782. The van der Waals surface area contributed by atoms with Gasteiger partial charge in [-0.1, -0.05) is 59.8 Å². The van der Waals surface area contributed by atoms with Crippen molar-refractivity contribution < 1.29 is 14.6 Å². The number of anilines is 1. The highest BCUT2D eigenvalue weighted by Gasteiger charge is 2.46. The molecule has 2 heterocycles. The maximum absolute atomic E-state index is 13.6. The molecule has 0 saturated heterocycles. The standard InChI is InChI=1S/C34H52N4O3/c1-24-11-9-7-6-8-10-15-35-28-19-25(23-41-5)18-26(20-28)32(40)38-29(17-24)30(39)22-37-34(13-14-34)31-21-27(12-16-36-31)33(2,3)4/h12,16,18-21,24,29-30,35,37,39H,6-11,13-15,17,22-23H2,1-5H3,(H,38,40)/t24-,29+,30-/m1/s1. The molecular weight excluding hydrogens is 512 g/mol. The lowest BCUT2D eigenvalue weighted by Gasteiger charge is -2.29. The minimum atomic E-state index is -0.719. The van der Waals surface area contributed by atoms with Crippen LogP contribution in [0.3, 0.4) is 0 Å². The summed E-state index contributed by atoms with van der Waals surface area (Å²) in [5, 5.41) is 21.9. The second kappa shape index (κ2) is 14.1. The molecule has 1 aromatic heterocycles. The maximum atomic E-state index is 13.6. The van der Waals surface area contributed by atoms with Gasteiger partial charge in [0.2, 0.25) is 0 Å². The number of nitrogens with one attached hydrogen (secondary N) is 3. The summed E-state index contributed by atoms with van der Waals surface area (Å²) in [6.45, 7) is 10.6. The van der Waals surface area contributed by atoms with Crippen molar-refractivity contribution in [2.75, 3.05) is 25.5 Å². The van der Waals surface area contributed by atoms with Gasteiger partial charge in [-0.15, -0.1) is 0 Å². The van der Waals surface area contributed by atoms with Crippen molar-refractivity contribution in [3.05, 3.63) is 58.9 Å². The van der Waals surface area contributed by atoms with E-state index in [2.05, 4.69) is 61.8 Å². The van der Waals surface area contributed by atoms with Crippen LogP contribution in [0.1, 0.15) is 113 Å². The number of ether oxygens (including phenoxy) is 1. The Labute approximate surface area is 247 Å². The molecule has 0 spiro atoms. The number of benzene rings is 1. The van der Waals surface area contributed by atoms with Gasteiger partial charge in [0.1, 0.15) is 0 Å². The van der Waals surface area contributed by atoms with Gasteiger partial charge in [-0.3, -0.25) is 9.78 Å². The normalized spacial score (nSPS) is 22.8. The van der Waals surface area contributed by atoms with E-state index in [0.29, 0.717) is 24.6 Å². The van der Waals surface area contributed by atoms with Crippen molar-refractivity contribution in [3.8, 4) is 0 Å². The minimum absolute atomic E-state index is 0.0490. The van der Waals surface area contributed by atoms with E-state index in [1.165, 1.54) is 31.2 Å². The average molecular weight is 565 g/mol.